The minimum Gasteiger partial charge on any atom is -0.382 e. The largest absolute Gasteiger partial charge is 0.382 e. The van der Waals surface area contributed by atoms with E-state index in [0.717, 1.165) is 31.6 Å². The van der Waals surface area contributed by atoms with Gasteiger partial charge >= 0.3 is 0 Å². The smallest absolute Gasteiger partial charge is 0.165 e. The second kappa shape index (κ2) is 7.57. The monoisotopic (exact) mass is 388 g/mol. The van der Waals surface area contributed by atoms with Gasteiger partial charge in [0.05, 0.1) is 18.5 Å². The molecule has 2 fully saturated rings. The van der Waals surface area contributed by atoms with E-state index in [1.807, 2.05) is 20.2 Å². The highest BCUT2D eigenvalue weighted by molar-refractivity contribution is 5.81. The van der Waals surface area contributed by atoms with E-state index in [-0.39, 0.29) is 18.2 Å². The molecule has 0 bridgehead atoms. The van der Waals surface area contributed by atoms with Crippen molar-refractivity contribution in [1.82, 2.24) is 24.8 Å². The van der Waals surface area contributed by atoms with Crippen LogP contribution in [0.5, 0.6) is 0 Å². The van der Waals surface area contributed by atoms with Gasteiger partial charge in [0.2, 0.25) is 0 Å². The molecule has 2 aromatic heterocycles. The van der Waals surface area contributed by atoms with Crippen LogP contribution in [0.3, 0.4) is 0 Å². The fourth-order valence-corrected chi connectivity index (χ4v) is 4.52. The van der Waals surface area contributed by atoms with Crippen molar-refractivity contribution in [2.45, 2.75) is 71.0 Å². The minimum atomic E-state index is -0.586. The summed E-state index contributed by atoms with van der Waals surface area (Å²) in [5, 5.41) is 3.54. The van der Waals surface area contributed by atoms with Gasteiger partial charge in [0.25, 0.3) is 0 Å². The zero-order chi connectivity index (χ0) is 19.9. The summed E-state index contributed by atoms with van der Waals surface area (Å²) in [5.74, 6) is 1.01. The maximum atomic E-state index is 6.43. The van der Waals surface area contributed by atoms with E-state index in [0.29, 0.717) is 23.2 Å². The highest BCUT2D eigenvalue weighted by Gasteiger charge is 2.55. The summed E-state index contributed by atoms with van der Waals surface area (Å²) in [6.45, 7) is 10.5. The standard InChI is InChI=1S/C20H32N6O2/c1-5-7-22-9-12-8-13(12)16-17(28-20(3,4)27-16)14(6-2)26-11-25-15-18(21)23-10-24-19(15)26/h10-14,16-17,22H,5-9H2,1-4H3,(H2,21,23,24)/t12-,13?,14-,16?,17?/m1/s1. The van der Waals surface area contributed by atoms with E-state index in [1.54, 1.807) is 0 Å². The molecule has 3 unspecified atom stereocenters. The lowest BCUT2D eigenvalue weighted by atomic mass is 9.98. The predicted octanol–water partition coefficient (Wildman–Crippen LogP) is 2.52. The van der Waals surface area contributed by atoms with Gasteiger partial charge in [-0.3, -0.25) is 0 Å². The van der Waals surface area contributed by atoms with Gasteiger partial charge < -0.3 is 25.1 Å². The second-order valence-electron chi connectivity index (χ2n) is 8.49. The molecule has 0 amide bonds. The average Bonchev–Trinajstić information content (AvgIpc) is 3.17. The number of nitrogens with two attached hydrogens (primary N) is 1. The summed E-state index contributed by atoms with van der Waals surface area (Å²) in [4.78, 5) is 12.9. The van der Waals surface area contributed by atoms with Crippen molar-refractivity contribution in [3.05, 3.63) is 12.7 Å². The number of hydrogen-bond acceptors (Lipinski definition) is 7. The van der Waals surface area contributed by atoms with E-state index >= 15 is 0 Å². The van der Waals surface area contributed by atoms with Crippen LogP contribution in [0.2, 0.25) is 0 Å². The highest BCUT2D eigenvalue weighted by Crippen LogP contribution is 2.50. The molecule has 1 aliphatic carbocycles. The molecule has 5 atom stereocenters. The zero-order valence-electron chi connectivity index (χ0n) is 17.3. The number of imidazole rings is 1. The van der Waals surface area contributed by atoms with Crippen molar-refractivity contribution in [3.8, 4) is 0 Å². The molecule has 8 nitrogen and oxygen atoms in total. The number of fused-ring (bicyclic) bond motifs is 1. The van der Waals surface area contributed by atoms with E-state index in [2.05, 4.69) is 38.7 Å². The third kappa shape index (κ3) is 3.60. The van der Waals surface area contributed by atoms with E-state index in [4.69, 9.17) is 15.2 Å². The molecule has 8 heteroatoms. The molecule has 2 aromatic rings. The van der Waals surface area contributed by atoms with Crippen LogP contribution >= 0.6 is 0 Å². The number of ether oxygens (including phenoxy) is 2. The van der Waals surface area contributed by atoms with Gasteiger partial charge in [-0.15, -0.1) is 0 Å². The normalized spacial score (nSPS) is 30.0. The minimum absolute atomic E-state index is 0.0465. The SMILES string of the molecule is CCCNC[C@H]1CC1C1OC(C)(C)OC1[C@@H](CC)n1cnc2c(N)ncnc21. The number of aromatic nitrogens is 4. The van der Waals surface area contributed by atoms with E-state index in [1.165, 1.54) is 12.7 Å². The van der Waals surface area contributed by atoms with Gasteiger partial charge in [-0.1, -0.05) is 13.8 Å². The second-order valence-corrected chi connectivity index (χ2v) is 8.49. The summed E-state index contributed by atoms with van der Waals surface area (Å²) in [5.41, 5.74) is 7.37. The molecule has 154 valence electrons. The molecule has 2 aliphatic rings. The third-order valence-corrected chi connectivity index (χ3v) is 5.94. The van der Waals surface area contributed by atoms with Gasteiger partial charge in [-0.2, -0.15) is 0 Å². The molecule has 4 rings (SSSR count). The Kier molecular flexibility index (Phi) is 5.28. The quantitative estimate of drug-likeness (QED) is 0.670. The van der Waals surface area contributed by atoms with E-state index in [9.17, 15) is 0 Å². The Hall–Kier alpha value is -1.77. The van der Waals surface area contributed by atoms with E-state index < -0.39 is 5.79 Å². The van der Waals surface area contributed by atoms with Crippen molar-refractivity contribution in [2.24, 2.45) is 11.8 Å². The van der Waals surface area contributed by atoms with Gasteiger partial charge in [-0.05, 0) is 58.0 Å². The van der Waals surface area contributed by atoms with Crippen LogP contribution in [0, 0.1) is 11.8 Å². The number of nitrogens with zero attached hydrogens (tertiary/aromatic N) is 4. The molecule has 3 heterocycles. The Morgan fingerprint density at radius 1 is 1.29 bits per heavy atom. The van der Waals surface area contributed by atoms with Crippen LogP contribution in [0.1, 0.15) is 53.0 Å². The molecule has 1 saturated carbocycles. The first kappa shape index (κ1) is 19.5. The topological polar surface area (TPSA) is 100 Å². The van der Waals surface area contributed by atoms with Crippen molar-refractivity contribution in [3.63, 3.8) is 0 Å². The van der Waals surface area contributed by atoms with Crippen molar-refractivity contribution >= 4 is 17.0 Å². The first-order valence-corrected chi connectivity index (χ1v) is 10.4. The molecule has 0 spiro atoms. The average molecular weight is 389 g/mol. The Morgan fingerprint density at radius 2 is 2.11 bits per heavy atom. The lowest BCUT2D eigenvalue weighted by molar-refractivity contribution is -0.151. The lowest BCUT2D eigenvalue weighted by Gasteiger charge is -2.27. The Balaban J connectivity index is 1.58. The summed E-state index contributed by atoms with van der Waals surface area (Å²) >= 11 is 0. The molecular weight excluding hydrogens is 356 g/mol. The third-order valence-electron chi connectivity index (χ3n) is 5.94. The molecule has 1 saturated heterocycles. The highest BCUT2D eigenvalue weighted by atomic mass is 16.8. The zero-order valence-corrected chi connectivity index (χ0v) is 17.3. The molecule has 1 aliphatic heterocycles. The molecule has 28 heavy (non-hydrogen) atoms. The number of nitrogen functional groups attached to an aromatic ring is 1. The van der Waals surface area contributed by atoms with Gasteiger partial charge in [-0.25, -0.2) is 15.0 Å². The van der Waals surface area contributed by atoms with Crippen LogP contribution in [-0.2, 0) is 9.47 Å². The van der Waals surface area contributed by atoms with Crippen molar-refractivity contribution < 1.29 is 9.47 Å². The van der Waals surface area contributed by atoms with Crippen LogP contribution < -0.4 is 11.1 Å². The number of anilines is 1. The van der Waals surface area contributed by atoms with Crippen molar-refractivity contribution in [2.75, 3.05) is 18.8 Å². The Morgan fingerprint density at radius 3 is 2.86 bits per heavy atom. The van der Waals surface area contributed by atoms with Crippen molar-refractivity contribution in [1.29, 1.82) is 0 Å². The number of nitrogens with one attached hydrogen (secondary N) is 1. The first-order chi connectivity index (χ1) is 13.4. The predicted molar refractivity (Wildman–Crippen MR) is 108 cm³/mol. The lowest BCUT2D eigenvalue weighted by Crippen LogP contribution is -2.35. The summed E-state index contributed by atoms with van der Waals surface area (Å²) in [6.07, 6.45) is 6.57. The summed E-state index contributed by atoms with van der Waals surface area (Å²) < 4.78 is 14.9. The molecule has 0 aromatic carbocycles. The molecular formula is C20H32N6O2. The van der Waals surface area contributed by atoms with Gasteiger partial charge in [0.1, 0.15) is 17.9 Å². The summed E-state index contributed by atoms with van der Waals surface area (Å²) in [6, 6.07) is 0.0796. The van der Waals surface area contributed by atoms with Crippen LogP contribution in [-0.4, -0.2) is 50.6 Å². The fraction of sp³-hybridized carbons (Fsp3) is 0.750. The Labute approximate surface area is 166 Å². The maximum Gasteiger partial charge on any atom is 0.165 e. The maximum absolute atomic E-state index is 6.43. The summed E-state index contributed by atoms with van der Waals surface area (Å²) in [7, 11) is 0. The number of rotatable bonds is 8. The van der Waals surface area contributed by atoms with Crippen LogP contribution in [0.25, 0.3) is 11.2 Å². The first-order valence-electron chi connectivity index (χ1n) is 10.4. The fourth-order valence-electron chi connectivity index (χ4n) is 4.52. The molecule has 3 N–H and O–H groups in total. The molecule has 0 radical (unpaired) electrons. The number of hydrogen-bond donors (Lipinski definition) is 2. The van der Waals surface area contributed by atoms with Gasteiger partial charge in [0, 0.05) is 0 Å². The van der Waals surface area contributed by atoms with Gasteiger partial charge in [0.15, 0.2) is 17.3 Å². The van der Waals surface area contributed by atoms with Crippen LogP contribution in [0.4, 0.5) is 5.82 Å². The Bertz CT molecular complexity index is 822. The van der Waals surface area contributed by atoms with Crippen LogP contribution in [0.15, 0.2) is 12.7 Å².